The van der Waals surface area contributed by atoms with Crippen molar-refractivity contribution in [3.05, 3.63) is 65.6 Å². The highest BCUT2D eigenvalue weighted by atomic mass is 19.1. The van der Waals surface area contributed by atoms with Crippen molar-refractivity contribution in [2.24, 2.45) is 7.05 Å². The molecule has 4 heteroatoms. The minimum absolute atomic E-state index is 0.236. The average Bonchev–Trinajstić information content (AvgIpc) is 2.96. The molecule has 0 saturated carbocycles. The highest BCUT2D eigenvalue weighted by molar-refractivity contribution is 6.07. The zero-order valence-electron chi connectivity index (χ0n) is 13.3. The van der Waals surface area contributed by atoms with E-state index in [1.165, 1.54) is 0 Å². The zero-order valence-corrected chi connectivity index (χ0v) is 13.3. The van der Waals surface area contributed by atoms with Crippen LogP contribution >= 0.6 is 0 Å². The van der Waals surface area contributed by atoms with Crippen LogP contribution < -0.4 is 4.57 Å². The summed E-state index contributed by atoms with van der Waals surface area (Å²) in [5.41, 5.74) is 3.56. The first kappa shape index (κ1) is 14.4. The molecule has 2 aromatic heterocycles. The Kier molecular flexibility index (Phi) is 3.10. The number of halogens is 1. The number of aromatic nitrogens is 1. The summed E-state index contributed by atoms with van der Waals surface area (Å²) in [6, 6.07) is 15.0. The van der Waals surface area contributed by atoms with E-state index in [4.69, 9.17) is 9.68 Å². The number of furan rings is 1. The Bertz CT molecular complexity index is 1150. The SMILES string of the molecule is Cc1c(-c2cccc[n+]2C)cc2c(oc3cc(C#N)ccc32)c1F. The third-order valence-corrected chi connectivity index (χ3v) is 4.41. The third kappa shape index (κ3) is 1.99. The number of hydrogen-bond acceptors (Lipinski definition) is 2. The molecule has 0 aliphatic carbocycles. The van der Waals surface area contributed by atoms with Crippen molar-refractivity contribution in [3.8, 4) is 17.3 Å². The van der Waals surface area contributed by atoms with E-state index in [-0.39, 0.29) is 11.4 Å². The summed E-state index contributed by atoms with van der Waals surface area (Å²) in [7, 11) is 1.93. The lowest BCUT2D eigenvalue weighted by molar-refractivity contribution is -0.660. The van der Waals surface area contributed by atoms with Gasteiger partial charge < -0.3 is 4.42 Å². The van der Waals surface area contributed by atoms with Gasteiger partial charge in [-0.2, -0.15) is 5.26 Å². The molecule has 0 fully saturated rings. The van der Waals surface area contributed by atoms with Crippen LogP contribution in [0.4, 0.5) is 4.39 Å². The molecule has 0 N–H and O–H groups in total. The monoisotopic (exact) mass is 317 g/mol. The Hall–Kier alpha value is -3.19. The number of hydrogen-bond donors (Lipinski definition) is 0. The van der Waals surface area contributed by atoms with Gasteiger partial charge in [0.15, 0.2) is 17.6 Å². The van der Waals surface area contributed by atoms with E-state index in [0.717, 1.165) is 22.0 Å². The van der Waals surface area contributed by atoms with Crippen molar-refractivity contribution < 1.29 is 13.4 Å². The summed E-state index contributed by atoms with van der Waals surface area (Å²) in [4.78, 5) is 0. The van der Waals surface area contributed by atoms with Crippen LogP contribution in [0.5, 0.6) is 0 Å². The van der Waals surface area contributed by atoms with Gasteiger partial charge in [0.25, 0.3) is 0 Å². The topological polar surface area (TPSA) is 40.8 Å². The molecule has 3 nitrogen and oxygen atoms in total. The van der Waals surface area contributed by atoms with Crippen LogP contribution in [0.2, 0.25) is 0 Å². The van der Waals surface area contributed by atoms with Crippen molar-refractivity contribution >= 4 is 21.9 Å². The van der Waals surface area contributed by atoms with Crippen LogP contribution in [0.3, 0.4) is 0 Å². The highest BCUT2D eigenvalue weighted by Crippen LogP contribution is 2.36. The maximum Gasteiger partial charge on any atom is 0.212 e. The van der Waals surface area contributed by atoms with Crippen LogP contribution in [-0.2, 0) is 7.05 Å². The molecule has 0 bridgehead atoms. The van der Waals surface area contributed by atoms with E-state index < -0.39 is 0 Å². The standard InChI is InChI=1S/C20H14FN2O/c1-12-15(17-5-3-4-8-23(17)2)10-16-14-7-6-13(11-22)9-18(14)24-20(16)19(12)21/h3-10H,1-2H3/q+1. The largest absolute Gasteiger partial charge is 0.453 e. The van der Waals surface area contributed by atoms with Crippen molar-refractivity contribution in [2.45, 2.75) is 6.92 Å². The molecule has 0 saturated heterocycles. The summed E-state index contributed by atoms with van der Waals surface area (Å²) >= 11 is 0. The summed E-state index contributed by atoms with van der Waals surface area (Å²) in [5.74, 6) is -0.360. The second-order valence-electron chi connectivity index (χ2n) is 5.86. The van der Waals surface area contributed by atoms with Crippen molar-refractivity contribution in [1.82, 2.24) is 0 Å². The Morgan fingerprint density at radius 3 is 2.71 bits per heavy atom. The van der Waals surface area contributed by atoms with Crippen LogP contribution in [0.15, 0.2) is 53.1 Å². The molecule has 0 amide bonds. The highest BCUT2D eigenvalue weighted by Gasteiger charge is 2.21. The van der Waals surface area contributed by atoms with Gasteiger partial charge in [0.05, 0.1) is 17.2 Å². The molecule has 0 unspecified atom stereocenters. The second kappa shape index (κ2) is 5.17. The molecule has 2 heterocycles. The number of aryl methyl sites for hydroxylation is 1. The number of rotatable bonds is 1. The van der Waals surface area contributed by atoms with Gasteiger partial charge in [-0.15, -0.1) is 0 Å². The van der Waals surface area contributed by atoms with Crippen molar-refractivity contribution in [2.75, 3.05) is 0 Å². The first-order valence-corrected chi connectivity index (χ1v) is 7.60. The molecule has 0 atom stereocenters. The van der Waals surface area contributed by atoms with Gasteiger partial charge in [0.2, 0.25) is 5.69 Å². The third-order valence-electron chi connectivity index (χ3n) is 4.41. The van der Waals surface area contributed by atoms with Gasteiger partial charge in [-0.1, -0.05) is 0 Å². The minimum atomic E-state index is -0.360. The van der Waals surface area contributed by atoms with E-state index in [1.54, 1.807) is 19.1 Å². The lowest BCUT2D eigenvalue weighted by Crippen LogP contribution is -2.30. The summed E-state index contributed by atoms with van der Waals surface area (Å²) in [6.07, 6.45) is 1.93. The summed E-state index contributed by atoms with van der Waals surface area (Å²) in [6.45, 7) is 1.75. The summed E-state index contributed by atoms with van der Waals surface area (Å²) in [5, 5.41) is 10.6. The van der Waals surface area contributed by atoms with E-state index in [1.807, 2.05) is 48.1 Å². The van der Waals surface area contributed by atoms with E-state index in [2.05, 4.69) is 6.07 Å². The van der Waals surface area contributed by atoms with Crippen LogP contribution in [0.25, 0.3) is 33.2 Å². The molecule has 0 spiro atoms. The van der Waals surface area contributed by atoms with Gasteiger partial charge in [-0.25, -0.2) is 8.96 Å². The molecule has 116 valence electrons. The Morgan fingerprint density at radius 1 is 1.12 bits per heavy atom. The molecule has 0 aliphatic heterocycles. The van der Waals surface area contributed by atoms with Crippen LogP contribution in [-0.4, -0.2) is 0 Å². The molecule has 4 rings (SSSR count). The van der Waals surface area contributed by atoms with Gasteiger partial charge in [0, 0.05) is 28.5 Å². The normalized spacial score (nSPS) is 11.1. The number of nitriles is 1. The molecule has 24 heavy (non-hydrogen) atoms. The first-order valence-electron chi connectivity index (χ1n) is 7.60. The predicted molar refractivity (Wildman–Crippen MR) is 89.7 cm³/mol. The first-order chi connectivity index (χ1) is 11.6. The van der Waals surface area contributed by atoms with Crippen LogP contribution in [0, 0.1) is 24.1 Å². The van der Waals surface area contributed by atoms with Crippen LogP contribution in [0.1, 0.15) is 11.1 Å². The number of pyridine rings is 1. The average molecular weight is 317 g/mol. The fourth-order valence-corrected chi connectivity index (χ4v) is 3.10. The van der Waals surface area contributed by atoms with E-state index in [9.17, 15) is 4.39 Å². The Morgan fingerprint density at radius 2 is 1.96 bits per heavy atom. The fourth-order valence-electron chi connectivity index (χ4n) is 3.10. The Balaban J connectivity index is 2.11. The van der Waals surface area contributed by atoms with Gasteiger partial charge in [0.1, 0.15) is 12.6 Å². The maximum atomic E-state index is 14.9. The number of nitrogens with zero attached hydrogens (tertiary/aromatic N) is 2. The molecule has 0 aliphatic rings. The lowest BCUT2D eigenvalue weighted by atomic mass is 10.00. The second-order valence-corrected chi connectivity index (χ2v) is 5.86. The zero-order chi connectivity index (χ0) is 16.8. The number of fused-ring (bicyclic) bond motifs is 3. The van der Waals surface area contributed by atoms with E-state index >= 15 is 0 Å². The molecular formula is C20H14FN2O+. The molecule has 4 aromatic rings. The Labute approximate surface area is 138 Å². The molecule has 0 radical (unpaired) electrons. The summed E-state index contributed by atoms with van der Waals surface area (Å²) < 4.78 is 22.6. The fraction of sp³-hybridized carbons (Fsp3) is 0.100. The smallest absolute Gasteiger partial charge is 0.212 e. The van der Waals surface area contributed by atoms with Gasteiger partial charge in [-0.3, -0.25) is 0 Å². The molecule has 2 aromatic carbocycles. The minimum Gasteiger partial charge on any atom is -0.453 e. The predicted octanol–water partition coefficient (Wildman–Crippen LogP) is 4.40. The number of benzene rings is 2. The quantitative estimate of drug-likeness (QED) is 0.488. The van der Waals surface area contributed by atoms with Gasteiger partial charge >= 0.3 is 0 Å². The lowest BCUT2D eigenvalue weighted by Gasteiger charge is -2.06. The van der Waals surface area contributed by atoms with Crippen molar-refractivity contribution in [3.63, 3.8) is 0 Å². The van der Waals surface area contributed by atoms with E-state index in [0.29, 0.717) is 16.7 Å². The molecular weight excluding hydrogens is 303 g/mol. The maximum absolute atomic E-state index is 14.9. The van der Waals surface area contributed by atoms with Gasteiger partial charge in [-0.05, 0) is 37.3 Å². The van der Waals surface area contributed by atoms with Crippen molar-refractivity contribution in [1.29, 1.82) is 5.26 Å².